The number of aliphatic hydroxyl groups is 1. The molecule has 1 aliphatic heterocycles. The molecule has 114 valence electrons. The summed E-state index contributed by atoms with van der Waals surface area (Å²) in [5, 5.41) is 10.2. The molecule has 2 N–H and O–H groups in total. The van der Waals surface area contributed by atoms with Gasteiger partial charge in [-0.2, -0.15) is 13.2 Å². The molecule has 0 aromatic heterocycles. The first-order chi connectivity index (χ1) is 9.69. The van der Waals surface area contributed by atoms with Crippen molar-refractivity contribution in [3.8, 4) is 0 Å². The summed E-state index contributed by atoms with van der Waals surface area (Å²) in [4.78, 5) is 12.3. The van der Waals surface area contributed by atoms with E-state index in [1.165, 1.54) is 25.1 Å². The second kappa shape index (κ2) is 5.07. The van der Waals surface area contributed by atoms with Gasteiger partial charge in [0.1, 0.15) is 0 Å². The Morgan fingerprint density at radius 2 is 1.95 bits per heavy atom. The zero-order valence-corrected chi connectivity index (χ0v) is 11.5. The first-order valence-electron chi connectivity index (χ1n) is 6.31. The Kier molecular flexibility index (Phi) is 3.71. The maximum absolute atomic E-state index is 13.1. The van der Waals surface area contributed by atoms with Crippen LogP contribution in [0.3, 0.4) is 0 Å². The number of amides is 1. The van der Waals surface area contributed by atoms with E-state index in [0.717, 1.165) is 5.56 Å². The fourth-order valence-corrected chi connectivity index (χ4v) is 2.06. The molecule has 1 atom stereocenters. The van der Waals surface area contributed by atoms with Crippen LogP contribution in [0.25, 0.3) is 0 Å². The fourth-order valence-electron chi connectivity index (χ4n) is 2.06. The lowest BCUT2D eigenvalue weighted by molar-refractivity contribution is -0.299. The van der Waals surface area contributed by atoms with E-state index in [-0.39, 0.29) is 16.3 Å². The largest absolute Gasteiger partial charge is 0.438 e. The second-order valence-electron chi connectivity index (χ2n) is 4.92. The molecule has 1 fully saturated rings. The van der Waals surface area contributed by atoms with Gasteiger partial charge in [-0.15, -0.1) is 0 Å². The van der Waals surface area contributed by atoms with Crippen molar-refractivity contribution in [1.82, 2.24) is 10.4 Å². The molecule has 21 heavy (non-hydrogen) atoms. The summed E-state index contributed by atoms with van der Waals surface area (Å²) in [6, 6.07) is 6.08. The third-order valence-electron chi connectivity index (χ3n) is 3.37. The highest BCUT2D eigenvalue weighted by Crippen LogP contribution is 2.41. The van der Waals surface area contributed by atoms with Crippen LogP contribution in [0.2, 0.25) is 0 Å². The molecule has 0 spiro atoms. The molecular formula is C14H15F3N2O2. The Labute approximate surface area is 119 Å². The van der Waals surface area contributed by atoms with Crippen molar-refractivity contribution in [3.05, 3.63) is 47.2 Å². The summed E-state index contributed by atoms with van der Waals surface area (Å²) in [7, 11) is 0. The molecule has 1 aromatic rings. The molecule has 4 nitrogen and oxygen atoms in total. The van der Waals surface area contributed by atoms with E-state index in [1.807, 2.05) is 0 Å². The number of halogens is 3. The van der Waals surface area contributed by atoms with E-state index in [1.54, 1.807) is 19.1 Å². The quantitative estimate of drug-likeness (QED) is 0.838. The average molecular weight is 300 g/mol. The maximum Gasteiger partial charge on any atom is 0.438 e. The third-order valence-corrected chi connectivity index (χ3v) is 3.37. The predicted molar refractivity (Wildman–Crippen MR) is 69.9 cm³/mol. The lowest BCUT2D eigenvalue weighted by Gasteiger charge is -2.33. The zero-order valence-electron chi connectivity index (χ0n) is 11.5. The van der Waals surface area contributed by atoms with E-state index in [2.05, 4.69) is 5.43 Å². The van der Waals surface area contributed by atoms with Gasteiger partial charge < -0.3 is 5.11 Å². The van der Waals surface area contributed by atoms with Crippen LogP contribution in [0, 0.1) is 6.92 Å². The lowest BCUT2D eigenvalue weighted by Crippen LogP contribution is -2.59. The van der Waals surface area contributed by atoms with Crippen molar-refractivity contribution in [2.75, 3.05) is 0 Å². The van der Waals surface area contributed by atoms with Crippen LogP contribution in [0.1, 0.15) is 29.3 Å². The number of hydrazine groups is 1. The van der Waals surface area contributed by atoms with Gasteiger partial charge >= 0.3 is 6.18 Å². The number of carbonyl (C=O) groups excluding carboxylic acids is 1. The number of benzene rings is 1. The minimum atomic E-state index is -4.97. The number of hydrogen-bond acceptors (Lipinski definition) is 3. The first-order valence-corrected chi connectivity index (χ1v) is 6.31. The van der Waals surface area contributed by atoms with Gasteiger partial charge in [-0.05, 0) is 26.0 Å². The van der Waals surface area contributed by atoms with E-state index >= 15 is 0 Å². The van der Waals surface area contributed by atoms with E-state index in [0.29, 0.717) is 0 Å². The molecule has 0 aliphatic carbocycles. The van der Waals surface area contributed by atoms with Gasteiger partial charge in [0, 0.05) is 17.7 Å². The van der Waals surface area contributed by atoms with Crippen LogP contribution in [-0.4, -0.2) is 27.9 Å². The number of hydrogen-bond donors (Lipinski definition) is 2. The van der Waals surface area contributed by atoms with Crippen molar-refractivity contribution in [1.29, 1.82) is 0 Å². The summed E-state index contributed by atoms with van der Waals surface area (Å²) in [5.41, 5.74) is 0.146. The number of carbonyl (C=O) groups is 1. The molecule has 1 aromatic carbocycles. The summed E-state index contributed by atoms with van der Waals surface area (Å²) in [6.07, 6.45) is -4.30. The normalized spacial score (nSPS) is 24.3. The standard InChI is InChI=1S/C14H15F3N2O2/c1-3-11-8-13(21,14(15,16)17)19(18-11)12(20)10-6-4-9(2)5-7-10/h3-7,18,21H,8H2,1-2H3. The fraction of sp³-hybridized carbons (Fsp3) is 0.357. The van der Waals surface area contributed by atoms with Gasteiger partial charge in [0.2, 0.25) is 0 Å². The first kappa shape index (κ1) is 15.4. The Morgan fingerprint density at radius 3 is 2.43 bits per heavy atom. The number of allylic oxidation sites excluding steroid dienone is 1. The maximum atomic E-state index is 13.1. The number of alkyl halides is 3. The summed E-state index contributed by atoms with van der Waals surface area (Å²) in [5.74, 6) is -0.938. The summed E-state index contributed by atoms with van der Waals surface area (Å²) < 4.78 is 39.4. The van der Waals surface area contributed by atoms with Gasteiger partial charge in [-0.25, -0.2) is 5.01 Å². The number of rotatable bonds is 1. The van der Waals surface area contributed by atoms with Crippen LogP contribution >= 0.6 is 0 Å². The second-order valence-corrected chi connectivity index (χ2v) is 4.92. The molecule has 1 aliphatic rings. The highest BCUT2D eigenvalue weighted by molar-refractivity contribution is 5.94. The van der Waals surface area contributed by atoms with Crippen molar-refractivity contribution in [3.63, 3.8) is 0 Å². The highest BCUT2D eigenvalue weighted by Gasteiger charge is 2.63. The van der Waals surface area contributed by atoms with Crippen LogP contribution in [0.5, 0.6) is 0 Å². The topological polar surface area (TPSA) is 52.6 Å². The highest BCUT2D eigenvalue weighted by atomic mass is 19.4. The summed E-state index contributed by atoms with van der Waals surface area (Å²) in [6.45, 7) is 3.32. The molecule has 0 saturated carbocycles. The monoisotopic (exact) mass is 300 g/mol. The van der Waals surface area contributed by atoms with Crippen molar-refractivity contribution in [2.45, 2.75) is 32.2 Å². The van der Waals surface area contributed by atoms with Gasteiger partial charge in [0.15, 0.2) is 0 Å². The Morgan fingerprint density at radius 1 is 1.38 bits per heavy atom. The van der Waals surface area contributed by atoms with Crippen LogP contribution in [0.15, 0.2) is 36.0 Å². The molecule has 1 saturated heterocycles. The number of nitrogens with zero attached hydrogens (tertiary/aromatic N) is 1. The Hall–Kier alpha value is -2.02. The van der Waals surface area contributed by atoms with Gasteiger partial charge in [0.25, 0.3) is 11.6 Å². The van der Waals surface area contributed by atoms with Crippen molar-refractivity contribution in [2.24, 2.45) is 0 Å². The van der Waals surface area contributed by atoms with E-state index < -0.39 is 24.2 Å². The minimum absolute atomic E-state index is 0.0631. The Bertz CT molecular complexity index is 581. The molecule has 2 rings (SSSR count). The van der Waals surface area contributed by atoms with Gasteiger partial charge in [-0.1, -0.05) is 23.8 Å². The van der Waals surface area contributed by atoms with Crippen molar-refractivity contribution >= 4 is 5.91 Å². The Balaban J connectivity index is 2.40. The SMILES string of the molecule is CC=C1CC(O)(C(F)(F)F)N(C(=O)c2ccc(C)cc2)N1. The van der Waals surface area contributed by atoms with Crippen LogP contribution < -0.4 is 5.43 Å². The van der Waals surface area contributed by atoms with E-state index in [4.69, 9.17) is 0 Å². The molecule has 1 heterocycles. The molecule has 0 bridgehead atoms. The minimum Gasteiger partial charge on any atom is -0.362 e. The molecule has 1 amide bonds. The molecular weight excluding hydrogens is 285 g/mol. The van der Waals surface area contributed by atoms with Crippen LogP contribution in [-0.2, 0) is 0 Å². The lowest BCUT2D eigenvalue weighted by atomic mass is 10.1. The number of nitrogens with one attached hydrogen (secondary N) is 1. The van der Waals surface area contributed by atoms with Gasteiger partial charge in [-0.3, -0.25) is 10.2 Å². The molecule has 1 unspecified atom stereocenters. The molecule has 7 heteroatoms. The van der Waals surface area contributed by atoms with Crippen molar-refractivity contribution < 1.29 is 23.1 Å². The van der Waals surface area contributed by atoms with E-state index in [9.17, 15) is 23.1 Å². The molecule has 0 radical (unpaired) electrons. The number of aryl methyl sites for hydroxylation is 1. The zero-order chi connectivity index (χ0) is 15.8. The van der Waals surface area contributed by atoms with Gasteiger partial charge in [0.05, 0.1) is 0 Å². The average Bonchev–Trinajstić information content (AvgIpc) is 2.77. The summed E-state index contributed by atoms with van der Waals surface area (Å²) >= 11 is 0. The smallest absolute Gasteiger partial charge is 0.362 e. The predicted octanol–water partition coefficient (Wildman–Crippen LogP) is 2.50. The third kappa shape index (κ3) is 2.61. The van der Waals surface area contributed by atoms with Crippen LogP contribution in [0.4, 0.5) is 13.2 Å².